The Balaban J connectivity index is 1.78. The van der Waals surface area contributed by atoms with E-state index in [-0.39, 0.29) is 11.8 Å². The molecular formula is C21H24N2O4. The molecule has 142 valence electrons. The average molecular weight is 368 g/mol. The van der Waals surface area contributed by atoms with Crippen molar-refractivity contribution in [3.63, 3.8) is 0 Å². The second-order valence-corrected chi connectivity index (χ2v) is 6.33. The van der Waals surface area contributed by atoms with E-state index in [0.29, 0.717) is 31.0 Å². The third-order valence-electron chi connectivity index (χ3n) is 4.67. The Morgan fingerprint density at radius 1 is 1.11 bits per heavy atom. The highest BCUT2D eigenvalue weighted by molar-refractivity contribution is 6.03. The Morgan fingerprint density at radius 2 is 1.85 bits per heavy atom. The second kappa shape index (κ2) is 8.12. The van der Waals surface area contributed by atoms with Crippen LogP contribution in [0.5, 0.6) is 11.5 Å². The number of nitrogens with zero attached hydrogens (tertiary/aromatic N) is 2. The first-order valence-corrected chi connectivity index (χ1v) is 9.04. The normalized spacial score (nSPS) is 17.0. The van der Waals surface area contributed by atoms with Crippen LogP contribution >= 0.6 is 0 Å². The van der Waals surface area contributed by atoms with Crippen molar-refractivity contribution < 1.29 is 19.1 Å². The van der Waals surface area contributed by atoms with E-state index in [1.807, 2.05) is 31.2 Å². The van der Waals surface area contributed by atoms with E-state index in [2.05, 4.69) is 0 Å². The van der Waals surface area contributed by atoms with E-state index in [1.54, 1.807) is 48.1 Å². The van der Waals surface area contributed by atoms with Gasteiger partial charge >= 0.3 is 0 Å². The summed E-state index contributed by atoms with van der Waals surface area (Å²) >= 11 is 0. The van der Waals surface area contributed by atoms with E-state index in [9.17, 15) is 9.59 Å². The number of hydrogen-bond acceptors (Lipinski definition) is 4. The number of carbonyl (C=O) groups is 2. The van der Waals surface area contributed by atoms with Crippen LogP contribution in [0.2, 0.25) is 0 Å². The molecule has 0 saturated carbocycles. The van der Waals surface area contributed by atoms with E-state index in [0.717, 1.165) is 11.4 Å². The molecule has 1 aliphatic heterocycles. The van der Waals surface area contributed by atoms with Crippen molar-refractivity contribution in [1.82, 2.24) is 4.90 Å². The molecular weight excluding hydrogens is 344 g/mol. The Kier molecular flexibility index (Phi) is 5.64. The van der Waals surface area contributed by atoms with Crippen molar-refractivity contribution in [3.05, 3.63) is 54.1 Å². The van der Waals surface area contributed by atoms with Crippen LogP contribution < -0.4 is 14.4 Å². The van der Waals surface area contributed by atoms with Gasteiger partial charge in [-0.1, -0.05) is 12.1 Å². The first-order valence-electron chi connectivity index (χ1n) is 9.04. The lowest BCUT2D eigenvalue weighted by atomic mass is 10.1. The third kappa shape index (κ3) is 3.89. The minimum atomic E-state index is -0.548. The first kappa shape index (κ1) is 18.8. The lowest BCUT2D eigenvalue weighted by molar-refractivity contribution is -0.124. The fourth-order valence-corrected chi connectivity index (χ4v) is 3.23. The molecule has 1 heterocycles. The van der Waals surface area contributed by atoms with Gasteiger partial charge in [0, 0.05) is 30.4 Å². The van der Waals surface area contributed by atoms with Gasteiger partial charge in [0.15, 0.2) is 0 Å². The Labute approximate surface area is 159 Å². The van der Waals surface area contributed by atoms with Gasteiger partial charge < -0.3 is 19.3 Å². The molecule has 0 spiro atoms. The van der Waals surface area contributed by atoms with Gasteiger partial charge in [0.25, 0.3) is 5.91 Å². The van der Waals surface area contributed by atoms with E-state index >= 15 is 0 Å². The van der Waals surface area contributed by atoms with Crippen LogP contribution in [0.3, 0.4) is 0 Å². The number of methoxy groups -OCH3 is 1. The number of ether oxygens (including phenoxy) is 2. The highest BCUT2D eigenvalue weighted by atomic mass is 16.5. The number of piperazine rings is 1. The van der Waals surface area contributed by atoms with Crippen LogP contribution in [0.1, 0.15) is 24.2 Å². The lowest BCUT2D eigenvalue weighted by Crippen LogP contribution is -2.57. The molecule has 2 amide bonds. The molecule has 1 saturated heterocycles. The molecule has 6 nitrogen and oxygen atoms in total. The number of benzene rings is 2. The minimum Gasteiger partial charge on any atom is -0.497 e. The fraction of sp³-hybridized carbons (Fsp3) is 0.333. The van der Waals surface area contributed by atoms with Gasteiger partial charge in [-0.05, 0) is 44.2 Å². The second-order valence-electron chi connectivity index (χ2n) is 6.33. The number of hydrogen-bond donors (Lipinski definition) is 0. The van der Waals surface area contributed by atoms with Crippen molar-refractivity contribution in [2.24, 2.45) is 0 Å². The highest BCUT2D eigenvalue weighted by Gasteiger charge is 2.35. The standard InChI is InChI=1S/C21H24N2O4/c1-4-27-19-10-6-8-17(14-19)23-12-11-22(15(2)20(23)24)21(25)16-7-5-9-18(13-16)26-3/h5-10,13-15H,4,11-12H2,1-3H3/t15-/m1/s1. The largest absolute Gasteiger partial charge is 0.497 e. The summed E-state index contributed by atoms with van der Waals surface area (Å²) in [5, 5.41) is 0. The van der Waals surface area contributed by atoms with Crippen molar-refractivity contribution in [1.29, 1.82) is 0 Å². The van der Waals surface area contributed by atoms with Crippen molar-refractivity contribution in [2.75, 3.05) is 31.7 Å². The molecule has 0 N–H and O–H groups in total. The predicted molar refractivity (Wildman–Crippen MR) is 103 cm³/mol. The van der Waals surface area contributed by atoms with Crippen molar-refractivity contribution in [3.8, 4) is 11.5 Å². The Hall–Kier alpha value is -3.02. The molecule has 0 aromatic heterocycles. The van der Waals surface area contributed by atoms with Crippen molar-refractivity contribution in [2.45, 2.75) is 19.9 Å². The van der Waals surface area contributed by atoms with Crippen LogP contribution in [0.15, 0.2) is 48.5 Å². The molecule has 2 aromatic carbocycles. The molecule has 0 radical (unpaired) electrons. The third-order valence-corrected chi connectivity index (χ3v) is 4.67. The maximum absolute atomic E-state index is 12.9. The van der Waals surface area contributed by atoms with Crippen LogP contribution in [-0.4, -0.2) is 49.6 Å². The zero-order valence-electron chi connectivity index (χ0n) is 15.8. The first-order chi connectivity index (χ1) is 13.0. The van der Waals surface area contributed by atoms with Gasteiger partial charge in [-0.2, -0.15) is 0 Å². The predicted octanol–water partition coefficient (Wildman–Crippen LogP) is 2.97. The topological polar surface area (TPSA) is 59.1 Å². The molecule has 27 heavy (non-hydrogen) atoms. The molecule has 0 aliphatic carbocycles. The van der Waals surface area contributed by atoms with Crippen LogP contribution in [0.4, 0.5) is 5.69 Å². The maximum Gasteiger partial charge on any atom is 0.254 e. The van der Waals surface area contributed by atoms with Crippen LogP contribution in [-0.2, 0) is 4.79 Å². The highest BCUT2D eigenvalue weighted by Crippen LogP contribution is 2.26. The van der Waals surface area contributed by atoms with Crippen LogP contribution in [0.25, 0.3) is 0 Å². The number of carbonyl (C=O) groups excluding carboxylic acids is 2. The fourth-order valence-electron chi connectivity index (χ4n) is 3.23. The molecule has 1 fully saturated rings. The zero-order chi connectivity index (χ0) is 19.4. The quantitative estimate of drug-likeness (QED) is 0.814. The number of anilines is 1. The molecule has 0 unspecified atom stereocenters. The van der Waals surface area contributed by atoms with Gasteiger partial charge in [-0.25, -0.2) is 0 Å². The number of amides is 2. The lowest BCUT2D eigenvalue weighted by Gasteiger charge is -2.39. The Morgan fingerprint density at radius 3 is 2.59 bits per heavy atom. The van der Waals surface area contributed by atoms with E-state index in [1.165, 1.54) is 0 Å². The summed E-state index contributed by atoms with van der Waals surface area (Å²) in [4.78, 5) is 29.1. The zero-order valence-corrected chi connectivity index (χ0v) is 15.8. The van der Waals surface area contributed by atoms with Gasteiger partial charge in [-0.15, -0.1) is 0 Å². The molecule has 1 aliphatic rings. The molecule has 3 rings (SSSR count). The monoisotopic (exact) mass is 368 g/mol. The van der Waals surface area contributed by atoms with E-state index in [4.69, 9.17) is 9.47 Å². The van der Waals surface area contributed by atoms with Crippen LogP contribution in [0, 0.1) is 0 Å². The van der Waals surface area contributed by atoms with E-state index < -0.39 is 6.04 Å². The summed E-state index contributed by atoms with van der Waals surface area (Å²) in [7, 11) is 1.56. The summed E-state index contributed by atoms with van der Waals surface area (Å²) in [6.45, 7) is 5.15. The summed E-state index contributed by atoms with van der Waals surface area (Å²) < 4.78 is 10.7. The molecule has 6 heteroatoms. The summed E-state index contributed by atoms with van der Waals surface area (Å²) in [5.41, 5.74) is 1.30. The summed E-state index contributed by atoms with van der Waals surface area (Å²) in [6, 6.07) is 13.9. The molecule has 0 bridgehead atoms. The minimum absolute atomic E-state index is 0.105. The van der Waals surface area contributed by atoms with Gasteiger partial charge in [0.2, 0.25) is 5.91 Å². The van der Waals surface area contributed by atoms with Gasteiger partial charge in [0.1, 0.15) is 17.5 Å². The average Bonchev–Trinajstić information content (AvgIpc) is 2.70. The molecule has 2 aromatic rings. The SMILES string of the molecule is CCOc1cccc(N2CCN(C(=O)c3cccc(OC)c3)[C@H](C)C2=O)c1. The smallest absolute Gasteiger partial charge is 0.254 e. The van der Waals surface area contributed by atoms with Gasteiger partial charge in [-0.3, -0.25) is 9.59 Å². The number of rotatable bonds is 5. The maximum atomic E-state index is 12.9. The summed E-state index contributed by atoms with van der Waals surface area (Å²) in [5.74, 6) is 1.07. The summed E-state index contributed by atoms with van der Waals surface area (Å²) in [6.07, 6.45) is 0. The Bertz CT molecular complexity index is 836. The van der Waals surface area contributed by atoms with Gasteiger partial charge in [0.05, 0.1) is 13.7 Å². The van der Waals surface area contributed by atoms with Crippen molar-refractivity contribution >= 4 is 17.5 Å². The molecule has 1 atom stereocenters.